The molecule has 0 aromatic heterocycles. The van der Waals surface area contributed by atoms with Gasteiger partial charge in [0.15, 0.2) is 5.78 Å². The summed E-state index contributed by atoms with van der Waals surface area (Å²) in [7, 11) is -3.97. The summed E-state index contributed by atoms with van der Waals surface area (Å²) < 4.78 is 66.9. The number of benzene rings is 3. The van der Waals surface area contributed by atoms with Crippen LogP contribution in [0.3, 0.4) is 0 Å². The summed E-state index contributed by atoms with van der Waals surface area (Å²) in [6.45, 7) is 3.27. The lowest BCUT2D eigenvalue weighted by Crippen LogP contribution is -2.36. The predicted molar refractivity (Wildman–Crippen MR) is 155 cm³/mol. The minimum Gasteiger partial charge on any atom is -0.299 e. The van der Waals surface area contributed by atoms with E-state index >= 15 is 0 Å². The number of alkyl halides is 3. The first kappa shape index (κ1) is 28.8. The van der Waals surface area contributed by atoms with Gasteiger partial charge in [-0.05, 0) is 97.3 Å². The third-order valence-electron chi connectivity index (χ3n) is 8.83. The van der Waals surface area contributed by atoms with Crippen molar-refractivity contribution in [2.45, 2.75) is 49.7 Å². The second kappa shape index (κ2) is 11.4. The molecule has 3 aromatic rings. The van der Waals surface area contributed by atoms with E-state index in [9.17, 15) is 26.4 Å². The van der Waals surface area contributed by atoms with Crippen molar-refractivity contribution in [1.82, 2.24) is 9.21 Å². The van der Waals surface area contributed by atoms with Crippen molar-refractivity contribution < 1.29 is 26.4 Å². The molecule has 1 fully saturated rings. The minimum absolute atomic E-state index is 0.110. The van der Waals surface area contributed by atoms with Crippen LogP contribution in [0.2, 0.25) is 0 Å². The van der Waals surface area contributed by atoms with Gasteiger partial charge in [-0.1, -0.05) is 48.0 Å². The predicted octanol–water partition coefficient (Wildman–Crippen LogP) is 6.59. The van der Waals surface area contributed by atoms with Crippen LogP contribution < -0.4 is 0 Å². The first-order valence-electron chi connectivity index (χ1n) is 14.4. The van der Waals surface area contributed by atoms with Crippen molar-refractivity contribution in [3.05, 3.63) is 106 Å². The number of halogens is 3. The number of sulfonamides is 1. The number of hydrogen-bond donors (Lipinski definition) is 0. The monoisotopic (exact) mass is 594 g/mol. The fourth-order valence-electron chi connectivity index (χ4n) is 6.40. The van der Waals surface area contributed by atoms with Gasteiger partial charge in [0.05, 0.1) is 10.5 Å². The summed E-state index contributed by atoms with van der Waals surface area (Å²) in [5.74, 6) is 0.449. The van der Waals surface area contributed by atoms with Gasteiger partial charge in [0, 0.05) is 31.6 Å². The highest BCUT2D eigenvalue weighted by Crippen LogP contribution is 2.40. The number of carbonyl (C=O) groups excluding carboxylic acids is 1. The van der Waals surface area contributed by atoms with Gasteiger partial charge in [-0.2, -0.15) is 17.5 Å². The van der Waals surface area contributed by atoms with E-state index in [4.69, 9.17) is 0 Å². The largest absolute Gasteiger partial charge is 0.416 e. The van der Waals surface area contributed by atoms with Crippen molar-refractivity contribution >= 4 is 21.4 Å². The quantitative estimate of drug-likeness (QED) is 0.290. The van der Waals surface area contributed by atoms with Gasteiger partial charge in [0.1, 0.15) is 0 Å². The van der Waals surface area contributed by atoms with Gasteiger partial charge in [-0.25, -0.2) is 8.42 Å². The van der Waals surface area contributed by atoms with Gasteiger partial charge in [-0.15, -0.1) is 0 Å². The SMILES string of the molecule is O=C(CC1CCN(Cc2ccccc2)CC1)c1ccc2c(c1)C1=C(CCN(S(=O)(=O)c3ccc(C(F)(F)F)cc3)C1)C2. The maximum absolute atomic E-state index is 13.3. The number of fused-ring (bicyclic) bond motifs is 2. The average molecular weight is 595 g/mol. The highest BCUT2D eigenvalue weighted by atomic mass is 32.2. The molecule has 0 radical (unpaired) electrons. The number of piperidine rings is 1. The first-order chi connectivity index (χ1) is 20.1. The average Bonchev–Trinajstić information content (AvgIpc) is 3.35. The number of ketones is 1. The Balaban J connectivity index is 1.11. The third kappa shape index (κ3) is 5.96. The van der Waals surface area contributed by atoms with Crippen LogP contribution in [0.5, 0.6) is 0 Å². The molecular formula is C33H33F3N2O3S. The molecule has 42 heavy (non-hydrogen) atoms. The smallest absolute Gasteiger partial charge is 0.299 e. The highest BCUT2D eigenvalue weighted by Gasteiger charge is 2.35. The molecule has 0 amide bonds. The van der Waals surface area contributed by atoms with Crippen LogP contribution in [0.1, 0.15) is 58.3 Å². The summed E-state index contributed by atoms with van der Waals surface area (Å²) in [5, 5.41) is 0. The Hall–Kier alpha value is -3.27. The van der Waals surface area contributed by atoms with Crippen LogP contribution in [0.4, 0.5) is 13.2 Å². The van der Waals surface area contributed by atoms with E-state index in [1.807, 2.05) is 24.3 Å². The Bertz CT molecular complexity index is 1610. The molecule has 0 atom stereocenters. The Labute approximate surface area is 244 Å². The van der Waals surface area contributed by atoms with Gasteiger partial charge in [0.25, 0.3) is 0 Å². The number of Topliss-reactive ketones (excluding diaryl/α,β-unsaturated/α-hetero) is 1. The fourth-order valence-corrected chi connectivity index (χ4v) is 7.81. The first-order valence-corrected chi connectivity index (χ1v) is 15.8. The Morgan fingerprint density at radius 3 is 2.31 bits per heavy atom. The van der Waals surface area contributed by atoms with Crippen LogP contribution in [0.25, 0.3) is 5.57 Å². The number of hydrogen-bond acceptors (Lipinski definition) is 4. The maximum Gasteiger partial charge on any atom is 0.416 e. The summed E-state index contributed by atoms with van der Waals surface area (Å²) in [6, 6.07) is 19.8. The van der Waals surface area contributed by atoms with Crippen molar-refractivity contribution in [3.8, 4) is 0 Å². The van der Waals surface area contributed by atoms with Crippen molar-refractivity contribution in [2.24, 2.45) is 5.92 Å². The van der Waals surface area contributed by atoms with Crippen LogP contribution in [-0.4, -0.2) is 49.6 Å². The minimum atomic E-state index is -4.53. The third-order valence-corrected chi connectivity index (χ3v) is 10.7. The van der Waals surface area contributed by atoms with Gasteiger partial charge < -0.3 is 0 Å². The van der Waals surface area contributed by atoms with E-state index in [0.29, 0.717) is 24.3 Å². The van der Waals surface area contributed by atoms with Gasteiger partial charge in [-0.3, -0.25) is 9.69 Å². The number of carbonyl (C=O) groups is 1. The number of likely N-dealkylation sites (tertiary alicyclic amines) is 1. The van der Waals surface area contributed by atoms with Crippen molar-refractivity contribution in [1.29, 1.82) is 0 Å². The molecule has 2 aliphatic heterocycles. The molecule has 9 heteroatoms. The zero-order chi connectivity index (χ0) is 29.5. The van der Waals surface area contributed by atoms with Gasteiger partial charge >= 0.3 is 6.18 Å². The van der Waals surface area contributed by atoms with Crippen molar-refractivity contribution in [2.75, 3.05) is 26.2 Å². The summed E-state index contributed by atoms with van der Waals surface area (Å²) in [4.78, 5) is 15.6. The molecule has 3 aromatic carbocycles. The zero-order valence-electron chi connectivity index (χ0n) is 23.2. The molecule has 220 valence electrons. The molecule has 0 spiro atoms. The van der Waals surface area contributed by atoms with E-state index < -0.39 is 21.8 Å². The Morgan fingerprint density at radius 1 is 0.905 bits per heavy atom. The molecule has 0 saturated carbocycles. The zero-order valence-corrected chi connectivity index (χ0v) is 24.1. The molecule has 1 aliphatic carbocycles. The Kier molecular flexibility index (Phi) is 7.85. The van der Waals surface area contributed by atoms with E-state index in [0.717, 1.165) is 79.9 Å². The maximum atomic E-state index is 13.3. The summed E-state index contributed by atoms with van der Waals surface area (Å²) in [6.07, 6.45) is -0.791. The number of rotatable bonds is 7. The van der Waals surface area contributed by atoms with E-state index in [-0.39, 0.29) is 23.8 Å². The normalized spacial score (nSPS) is 18.6. The molecule has 5 nitrogen and oxygen atoms in total. The fraction of sp³-hybridized carbons (Fsp3) is 0.364. The van der Waals surface area contributed by atoms with Crippen LogP contribution >= 0.6 is 0 Å². The Morgan fingerprint density at radius 2 is 1.62 bits per heavy atom. The molecule has 0 bridgehead atoms. The summed E-state index contributed by atoms with van der Waals surface area (Å²) in [5.41, 5.74) is 5.14. The second-order valence-electron chi connectivity index (χ2n) is 11.6. The molecule has 3 aliphatic rings. The van der Waals surface area contributed by atoms with Crippen molar-refractivity contribution in [3.63, 3.8) is 0 Å². The summed E-state index contributed by atoms with van der Waals surface area (Å²) >= 11 is 0. The lowest BCUT2D eigenvalue weighted by atomic mass is 9.88. The topological polar surface area (TPSA) is 57.7 Å². The van der Waals surface area contributed by atoms with Crippen LogP contribution in [0.15, 0.2) is 83.3 Å². The van der Waals surface area contributed by atoms with E-state index in [2.05, 4.69) is 29.2 Å². The highest BCUT2D eigenvalue weighted by molar-refractivity contribution is 7.89. The van der Waals surface area contributed by atoms with Crippen LogP contribution in [-0.2, 0) is 29.2 Å². The van der Waals surface area contributed by atoms with E-state index in [1.54, 1.807) is 0 Å². The lowest BCUT2D eigenvalue weighted by molar-refractivity contribution is -0.137. The molecule has 1 saturated heterocycles. The second-order valence-corrected chi connectivity index (χ2v) is 13.5. The lowest BCUT2D eigenvalue weighted by Gasteiger charge is -2.31. The molecule has 0 unspecified atom stereocenters. The molecular weight excluding hydrogens is 561 g/mol. The molecule has 6 rings (SSSR count). The molecule has 0 N–H and O–H groups in total. The van der Waals surface area contributed by atoms with Crippen LogP contribution in [0, 0.1) is 5.92 Å². The standard InChI is InChI=1S/C33H33F3N2O3S/c34-33(35,36)28-8-10-29(11-9-28)42(40,41)38-17-14-26-19-25-6-7-27(20-30(25)31(26)22-38)32(39)18-23-12-15-37(16-13-23)21-24-4-2-1-3-5-24/h1-11,20,23H,12-19,21-22H2. The van der Waals surface area contributed by atoms with E-state index in [1.165, 1.54) is 15.4 Å². The number of nitrogens with zero attached hydrogens (tertiary/aromatic N) is 2. The molecule has 2 heterocycles. The van der Waals surface area contributed by atoms with Gasteiger partial charge in [0.2, 0.25) is 10.0 Å².